The van der Waals surface area contributed by atoms with E-state index in [1.807, 2.05) is 13.8 Å². The summed E-state index contributed by atoms with van der Waals surface area (Å²) in [5, 5.41) is 13.5. The van der Waals surface area contributed by atoms with Crippen molar-refractivity contribution in [3.05, 3.63) is 22.4 Å². The third-order valence-electron chi connectivity index (χ3n) is 5.59. The first-order valence-corrected chi connectivity index (χ1v) is 10.5. The molecule has 1 unspecified atom stereocenters. The molecule has 1 aliphatic carbocycles. The predicted molar refractivity (Wildman–Crippen MR) is 109 cm³/mol. The largest absolute Gasteiger partial charge is 0.370 e. The van der Waals surface area contributed by atoms with Crippen LogP contribution in [-0.2, 0) is 17.8 Å². The van der Waals surface area contributed by atoms with Crippen LogP contribution in [0, 0.1) is 17.2 Å². The molecule has 2 fully saturated rings. The Kier molecular flexibility index (Phi) is 6.08. The Labute approximate surface area is 164 Å². The normalized spacial score (nSPS) is 24.1. The van der Waals surface area contributed by atoms with E-state index < -0.39 is 0 Å². The third-order valence-corrected chi connectivity index (χ3v) is 5.59. The highest BCUT2D eigenvalue weighted by atomic mass is 16.5. The van der Waals surface area contributed by atoms with Crippen LogP contribution in [0.1, 0.15) is 75.8 Å². The second-order valence-electron chi connectivity index (χ2n) is 8.52. The molecular weight excluding hydrogens is 336 g/mol. The predicted octanol–water partition coefficient (Wildman–Crippen LogP) is 3.75. The first-order valence-electron chi connectivity index (χ1n) is 10.5. The lowest BCUT2D eigenvalue weighted by molar-refractivity contribution is -0.0407. The molecule has 1 atom stereocenters. The number of nitrogens with one attached hydrogen (secondary N) is 1. The summed E-state index contributed by atoms with van der Waals surface area (Å²) in [5.41, 5.74) is 4.15. The molecule has 1 aromatic heterocycles. The Morgan fingerprint density at radius 1 is 1.26 bits per heavy atom. The van der Waals surface area contributed by atoms with E-state index >= 15 is 0 Å². The summed E-state index contributed by atoms with van der Waals surface area (Å²) in [6.07, 6.45) is 3.22. The van der Waals surface area contributed by atoms with E-state index in [1.54, 1.807) is 0 Å². The lowest BCUT2D eigenvalue weighted by Crippen LogP contribution is -2.36. The second-order valence-corrected chi connectivity index (χ2v) is 8.52. The van der Waals surface area contributed by atoms with Gasteiger partial charge in [0.25, 0.3) is 0 Å². The molecule has 27 heavy (non-hydrogen) atoms. The summed E-state index contributed by atoms with van der Waals surface area (Å²) in [7, 11) is 0. The molecule has 4 rings (SSSR count). The zero-order valence-corrected chi connectivity index (χ0v) is 17.6. The smallest absolute Gasteiger partial charge is 0.147 e. The van der Waals surface area contributed by atoms with Crippen LogP contribution in [0.3, 0.4) is 0 Å². The van der Waals surface area contributed by atoms with Gasteiger partial charge in [-0.2, -0.15) is 5.26 Å². The highest BCUT2D eigenvalue weighted by Gasteiger charge is 2.37. The zero-order chi connectivity index (χ0) is 19.6. The van der Waals surface area contributed by atoms with Gasteiger partial charge < -0.3 is 15.0 Å². The Hall–Kier alpha value is -1.64. The average Bonchev–Trinajstić information content (AvgIpc) is 3.49. The van der Waals surface area contributed by atoms with Crippen LogP contribution in [0.5, 0.6) is 0 Å². The summed E-state index contributed by atoms with van der Waals surface area (Å²) in [4.78, 5) is 7.39. The van der Waals surface area contributed by atoms with Crippen molar-refractivity contribution in [2.45, 2.75) is 72.0 Å². The number of ether oxygens (including phenoxy) is 1. The molecule has 148 valence electrons. The van der Waals surface area contributed by atoms with Gasteiger partial charge in [0, 0.05) is 37.5 Å². The molecule has 1 saturated heterocycles. The van der Waals surface area contributed by atoms with Crippen molar-refractivity contribution in [3.63, 3.8) is 0 Å². The second kappa shape index (κ2) is 8.16. The van der Waals surface area contributed by atoms with Gasteiger partial charge in [0.15, 0.2) is 0 Å². The number of nitriles is 1. The molecule has 1 N–H and O–H groups in total. The molecular formula is C22H34N4O. The number of aromatic nitrogens is 1. The topological polar surface area (TPSA) is 61.2 Å². The maximum atomic E-state index is 9.98. The van der Waals surface area contributed by atoms with Crippen molar-refractivity contribution in [1.82, 2.24) is 10.3 Å². The number of fused-ring (bicyclic) bond motifs is 1. The number of anilines is 1. The summed E-state index contributed by atoms with van der Waals surface area (Å²) in [5.74, 6) is 2.03. The summed E-state index contributed by atoms with van der Waals surface area (Å²) in [6.45, 7) is 14.9. The lowest BCUT2D eigenvalue weighted by atomic mass is 9.87. The average molecular weight is 371 g/mol. The maximum absolute atomic E-state index is 9.98. The molecule has 5 nitrogen and oxygen atoms in total. The van der Waals surface area contributed by atoms with Crippen molar-refractivity contribution in [3.8, 4) is 6.07 Å². The standard InChI is InChI=1S/C20H28N4O.C2H6/c1-13-10-22-6-7-24(11-13)19-16(9-21)15-8-20(2,3)25-12-17(15)18(23-19)14-4-5-14;1-2/h13-14,22H,4-8,10-12H2,1-3H3;1-2H3. The maximum Gasteiger partial charge on any atom is 0.147 e. The molecule has 0 aromatic carbocycles. The van der Waals surface area contributed by atoms with E-state index in [4.69, 9.17) is 9.72 Å². The zero-order valence-electron chi connectivity index (χ0n) is 17.6. The van der Waals surface area contributed by atoms with Crippen molar-refractivity contribution in [1.29, 1.82) is 5.26 Å². The minimum absolute atomic E-state index is 0.217. The Balaban J connectivity index is 0.00000102. The number of pyridine rings is 1. The molecule has 0 radical (unpaired) electrons. The van der Waals surface area contributed by atoms with Crippen LogP contribution in [-0.4, -0.2) is 36.8 Å². The van der Waals surface area contributed by atoms with Gasteiger partial charge in [-0.25, -0.2) is 4.98 Å². The molecule has 3 heterocycles. The summed E-state index contributed by atoms with van der Waals surface area (Å²) < 4.78 is 6.06. The van der Waals surface area contributed by atoms with E-state index in [1.165, 1.54) is 29.7 Å². The fraction of sp³-hybridized carbons (Fsp3) is 0.727. The Morgan fingerprint density at radius 3 is 2.67 bits per heavy atom. The van der Waals surface area contributed by atoms with Gasteiger partial charge in [-0.05, 0) is 44.7 Å². The van der Waals surface area contributed by atoms with Crippen molar-refractivity contribution in [2.24, 2.45) is 5.92 Å². The molecule has 5 heteroatoms. The van der Waals surface area contributed by atoms with Crippen LogP contribution < -0.4 is 10.2 Å². The molecule has 1 saturated carbocycles. The Morgan fingerprint density at radius 2 is 2.00 bits per heavy atom. The van der Waals surface area contributed by atoms with Crippen LogP contribution in [0.4, 0.5) is 5.82 Å². The Bertz CT molecular complexity index is 718. The van der Waals surface area contributed by atoms with Crippen LogP contribution in [0.25, 0.3) is 0 Å². The minimum atomic E-state index is -0.217. The molecule has 2 aliphatic heterocycles. The molecule has 0 amide bonds. The van der Waals surface area contributed by atoms with Gasteiger partial charge >= 0.3 is 0 Å². The van der Waals surface area contributed by atoms with Gasteiger partial charge in [0.2, 0.25) is 0 Å². The number of rotatable bonds is 2. The van der Waals surface area contributed by atoms with E-state index in [0.29, 0.717) is 18.4 Å². The van der Waals surface area contributed by atoms with Crippen LogP contribution >= 0.6 is 0 Å². The van der Waals surface area contributed by atoms with Crippen molar-refractivity contribution < 1.29 is 4.74 Å². The number of nitrogens with zero attached hydrogens (tertiary/aromatic N) is 3. The van der Waals surface area contributed by atoms with Crippen LogP contribution in [0.15, 0.2) is 0 Å². The molecule has 3 aliphatic rings. The monoisotopic (exact) mass is 370 g/mol. The fourth-order valence-corrected chi connectivity index (χ4v) is 4.11. The lowest BCUT2D eigenvalue weighted by Gasteiger charge is -2.35. The van der Waals surface area contributed by atoms with Crippen molar-refractivity contribution in [2.75, 3.05) is 31.1 Å². The fourth-order valence-electron chi connectivity index (χ4n) is 4.11. The van der Waals surface area contributed by atoms with E-state index in [0.717, 1.165) is 44.0 Å². The first kappa shape index (κ1) is 20.1. The SMILES string of the molecule is CC.CC1CNCCN(c2nc(C3CC3)c3c(c2C#N)CC(C)(C)OC3)C1. The summed E-state index contributed by atoms with van der Waals surface area (Å²) >= 11 is 0. The van der Waals surface area contributed by atoms with Crippen molar-refractivity contribution >= 4 is 5.82 Å². The summed E-state index contributed by atoms with van der Waals surface area (Å²) in [6, 6.07) is 2.50. The van der Waals surface area contributed by atoms with Gasteiger partial charge in [0.05, 0.1) is 23.5 Å². The number of hydrogen-bond acceptors (Lipinski definition) is 5. The van der Waals surface area contributed by atoms with Crippen LogP contribution in [0.2, 0.25) is 0 Å². The quantitative estimate of drug-likeness (QED) is 0.859. The highest BCUT2D eigenvalue weighted by molar-refractivity contribution is 5.62. The van der Waals surface area contributed by atoms with Gasteiger partial charge in [-0.1, -0.05) is 20.8 Å². The third kappa shape index (κ3) is 4.28. The first-order chi connectivity index (χ1) is 13.0. The van der Waals surface area contributed by atoms with E-state index in [2.05, 4.69) is 37.1 Å². The van der Waals surface area contributed by atoms with Gasteiger partial charge in [0.1, 0.15) is 11.9 Å². The van der Waals surface area contributed by atoms with Gasteiger partial charge in [-0.3, -0.25) is 0 Å². The van der Waals surface area contributed by atoms with E-state index in [-0.39, 0.29) is 5.60 Å². The number of hydrogen-bond donors (Lipinski definition) is 1. The van der Waals surface area contributed by atoms with Gasteiger partial charge in [-0.15, -0.1) is 0 Å². The molecule has 1 aromatic rings. The molecule has 0 bridgehead atoms. The highest BCUT2D eigenvalue weighted by Crippen LogP contribution is 2.45. The molecule has 0 spiro atoms. The van der Waals surface area contributed by atoms with E-state index in [9.17, 15) is 5.26 Å². The minimum Gasteiger partial charge on any atom is -0.370 e.